The van der Waals surface area contributed by atoms with Crippen LogP contribution in [0.3, 0.4) is 0 Å². The average molecular weight is 439 g/mol. The van der Waals surface area contributed by atoms with Crippen molar-refractivity contribution in [3.8, 4) is 0 Å². The number of benzene rings is 1. The van der Waals surface area contributed by atoms with E-state index in [1.807, 2.05) is 0 Å². The monoisotopic (exact) mass is 437 g/mol. The number of hydrogen-bond acceptors (Lipinski definition) is 5. The summed E-state index contributed by atoms with van der Waals surface area (Å²) in [4.78, 5) is 36.0. The summed E-state index contributed by atoms with van der Waals surface area (Å²) in [5, 5.41) is 12.2. The molecule has 9 heteroatoms. The second-order valence-corrected chi connectivity index (χ2v) is 8.85. The van der Waals surface area contributed by atoms with Crippen molar-refractivity contribution in [1.82, 2.24) is 5.32 Å². The predicted octanol–water partition coefficient (Wildman–Crippen LogP) is 3.63. The molecule has 0 fully saturated rings. The summed E-state index contributed by atoms with van der Waals surface area (Å²) >= 11 is 16.7. The molecule has 0 bridgehead atoms. The van der Waals surface area contributed by atoms with E-state index in [2.05, 4.69) is 5.32 Å². The molecule has 0 saturated carbocycles. The molecule has 0 saturated heterocycles. The van der Waals surface area contributed by atoms with E-state index in [0.29, 0.717) is 5.56 Å². The van der Waals surface area contributed by atoms with E-state index in [-0.39, 0.29) is 24.5 Å². The molecule has 0 aliphatic rings. The number of halogens is 3. The highest BCUT2D eigenvalue weighted by atomic mass is 35.6. The molecule has 6 nitrogen and oxygen atoms in total. The molecule has 2 atom stereocenters. The van der Waals surface area contributed by atoms with Crippen LogP contribution < -0.4 is 5.32 Å². The fraction of sp³-hybridized carbons (Fsp3) is 0.500. The topological polar surface area (TPSA) is 92.7 Å². The summed E-state index contributed by atoms with van der Waals surface area (Å²) in [7, 11) is 0. The van der Waals surface area contributed by atoms with Gasteiger partial charge in [0.25, 0.3) is 0 Å². The minimum absolute atomic E-state index is 0.0159. The van der Waals surface area contributed by atoms with E-state index in [9.17, 15) is 19.5 Å². The Bertz CT molecular complexity index is 646. The third-order valence-corrected chi connectivity index (χ3v) is 4.06. The molecule has 1 aromatic rings. The van der Waals surface area contributed by atoms with Crippen molar-refractivity contribution < 1.29 is 24.2 Å². The number of esters is 1. The Labute approximate surface area is 173 Å². The molecule has 0 aliphatic heterocycles. The first-order chi connectivity index (χ1) is 12.5. The van der Waals surface area contributed by atoms with Crippen molar-refractivity contribution in [1.29, 1.82) is 0 Å². The number of hydrogen-bond donors (Lipinski definition) is 2. The third kappa shape index (κ3) is 8.93. The van der Waals surface area contributed by atoms with Crippen molar-refractivity contribution in [3.63, 3.8) is 0 Å². The lowest BCUT2D eigenvalue weighted by Gasteiger charge is -2.25. The first kappa shape index (κ1) is 23.7. The number of carbonyl (C=O) groups excluding carboxylic acids is 2. The van der Waals surface area contributed by atoms with E-state index in [1.54, 1.807) is 44.2 Å². The fourth-order valence-corrected chi connectivity index (χ4v) is 2.48. The van der Waals surface area contributed by atoms with Gasteiger partial charge in [-0.25, -0.2) is 0 Å². The molecule has 0 radical (unpaired) electrons. The second kappa shape index (κ2) is 10.9. The van der Waals surface area contributed by atoms with Gasteiger partial charge in [-0.05, 0) is 12.3 Å². The number of nitrogens with one attached hydrogen (secondary N) is 1. The Kier molecular flexibility index (Phi) is 9.53. The molecule has 0 amide bonds. The van der Waals surface area contributed by atoms with E-state index >= 15 is 0 Å². The van der Waals surface area contributed by atoms with Crippen LogP contribution in [0.4, 0.5) is 0 Å². The summed E-state index contributed by atoms with van der Waals surface area (Å²) in [5.74, 6) is -2.35. The molecular weight excluding hydrogens is 417 g/mol. The fourth-order valence-electron chi connectivity index (χ4n) is 2.31. The molecule has 27 heavy (non-hydrogen) atoms. The van der Waals surface area contributed by atoms with Gasteiger partial charge < -0.3 is 9.84 Å². The van der Waals surface area contributed by atoms with Gasteiger partial charge in [0.15, 0.2) is 5.78 Å². The second-order valence-electron chi connectivity index (χ2n) is 6.33. The van der Waals surface area contributed by atoms with Gasteiger partial charge in [0.05, 0.1) is 0 Å². The lowest BCUT2D eigenvalue weighted by molar-refractivity contribution is -0.148. The van der Waals surface area contributed by atoms with E-state index < -0.39 is 34.4 Å². The van der Waals surface area contributed by atoms with Gasteiger partial charge in [0, 0.05) is 12.0 Å². The van der Waals surface area contributed by atoms with Gasteiger partial charge >= 0.3 is 11.9 Å². The maximum Gasteiger partial charge on any atom is 0.323 e. The van der Waals surface area contributed by atoms with Crippen molar-refractivity contribution in [3.05, 3.63) is 35.9 Å². The number of rotatable bonds is 10. The summed E-state index contributed by atoms with van der Waals surface area (Å²) in [6.45, 7) is 3.00. The molecule has 1 rings (SSSR count). The lowest BCUT2D eigenvalue weighted by Crippen LogP contribution is -2.50. The quantitative estimate of drug-likeness (QED) is 0.329. The molecule has 2 unspecified atom stereocenters. The number of alkyl halides is 3. The van der Waals surface area contributed by atoms with Crippen LogP contribution in [0.15, 0.2) is 30.3 Å². The molecule has 150 valence electrons. The number of carbonyl (C=O) groups is 3. The van der Waals surface area contributed by atoms with Crippen LogP contribution in [-0.4, -0.2) is 45.3 Å². The highest BCUT2D eigenvalue weighted by Crippen LogP contribution is 2.26. The molecule has 0 heterocycles. The van der Waals surface area contributed by atoms with Crippen LogP contribution in [0.1, 0.15) is 37.0 Å². The van der Waals surface area contributed by atoms with Crippen LogP contribution in [0.25, 0.3) is 0 Å². The Morgan fingerprint density at radius 3 is 2.22 bits per heavy atom. The largest absolute Gasteiger partial charge is 0.480 e. The van der Waals surface area contributed by atoms with Gasteiger partial charge in [0.2, 0.25) is 3.79 Å². The standard InChI is InChI=1S/C18H22Cl3NO5/c1-11(2)15(17(26)27-10-18(19,20)21)22-13(16(24)25)8-9-14(23)12-6-4-3-5-7-12/h3-7,11,13,15,22H,8-10H2,1-2H3,(H,24,25). The minimum atomic E-state index is -1.76. The molecule has 1 aromatic carbocycles. The molecule has 0 aromatic heterocycles. The molecular formula is C18H22Cl3NO5. The number of aliphatic carboxylic acids is 1. The third-order valence-electron chi connectivity index (χ3n) is 3.73. The zero-order valence-electron chi connectivity index (χ0n) is 15.0. The average Bonchev–Trinajstić information content (AvgIpc) is 2.59. The van der Waals surface area contributed by atoms with E-state index in [4.69, 9.17) is 39.5 Å². The number of Topliss-reactive ketones (excluding diaryl/α,β-unsaturated/α-hetero) is 1. The lowest BCUT2D eigenvalue weighted by atomic mass is 9.99. The van der Waals surface area contributed by atoms with Gasteiger partial charge in [-0.3, -0.25) is 19.7 Å². The highest BCUT2D eigenvalue weighted by molar-refractivity contribution is 6.67. The van der Waals surface area contributed by atoms with Crippen molar-refractivity contribution in [2.45, 2.75) is 42.6 Å². The summed E-state index contributed by atoms with van der Waals surface area (Å²) in [5.41, 5.74) is 0.504. The SMILES string of the molecule is CC(C)C(NC(CCC(=O)c1ccccc1)C(=O)O)C(=O)OCC(Cl)(Cl)Cl. The predicted molar refractivity (Wildman–Crippen MR) is 104 cm³/mol. The van der Waals surface area contributed by atoms with Crippen molar-refractivity contribution in [2.75, 3.05) is 6.61 Å². The minimum Gasteiger partial charge on any atom is -0.480 e. The summed E-state index contributed by atoms with van der Waals surface area (Å²) in [6.07, 6.45) is 0.0337. The number of carboxylic acids is 1. The van der Waals surface area contributed by atoms with Crippen molar-refractivity contribution >= 4 is 52.5 Å². The van der Waals surface area contributed by atoms with Gasteiger partial charge in [-0.2, -0.15) is 0 Å². The van der Waals surface area contributed by atoms with Crippen LogP contribution in [0, 0.1) is 5.92 Å². The van der Waals surface area contributed by atoms with Crippen LogP contribution >= 0.6 is 34.8 Å². The molecule has 0 spiro atoms. The first-order valence-electron chi connectivity index (χ1n) is 8.31. The zero-order valence-corrected chi connectivity index (χ0v) is 17.2. The van der Waals surface area contributed by atoms with Crippen LogP contribution in [-0.2, 0) is 14.3 Å². The maximum atomic E-state index is 12.2. The van der Waals surface area contributed by atoms with Gasteiger partial charge in [0.1, 0.15) is 18.7 Å². The normalized spacial score (nSPS) is 13.9. The number of ether oxygens (including phenoxy) is 1. The molecule has 2 N–H and O–H groups in total. The Morgan fingerprint density at radius 1 is 1.15 bits per heavy atom. The Morgan fingerprint density at radius 2 is 1.74 bits per heavy atom. The summed E-state index contributed by atoms with van der Waals surface area (Å²) in [6, 6.07) is 6.54. The molecule has 0 aliphatic carbocycles. The number of carboxylic acid groups (broad SMARTS) is 1. The first-order valence-corrected chi connectivity index (χ1v) is 9.45. The van der Waals surface area contributed by atoms with E-state index in [0.717, 1.165) is 0 Å². The van der Waals surface area contributed by atoms with Gasteiger partial charge in [-0.15, -0.1) is 0 Å². The summed E-state index contributed by atoms with van der Waals surface area (Å²) < 4.78 is 3.19. The zero-order chi connectivity index (χ0) is 20.6. The smallest absolute Gasteiger partial charge is 0.323 e. The Balaban J connectivity index is 2.72. The van der Waals surface area contributed by atoms with E-state index in [1.165, 1.54) is 0 Å². The van der Waals surface area contributed by atoms with Crippen LogP contribution in [0.2, 0.25) is 0 Å². The Hall–Kier alpha value is -1.34. The van der Waals surface area contributed by atoms with Crippen LogP contribution in [0.5, 0.6) is 0 Å². The number of ketones is 1. The maximum absolute atomic E-state index is 12.2. The van der Waals surface area contributed by atoms with Gasteiger partial charge in [-0.1, -0.05) is 79.0 Å². The highest BCUT2D eigenvalue weighted by Gasteiger charge is 2.32. The van der Waals surface area contributed by atoms with Crippen molar-refractivity contribution in [2.24, 2.45) is 5.92 Å².